The molecule has 198 valence electrons. The standard InChI is InChI=1S/C23H26N2O2.C4H6O6/c26-23(27-21-16-24-13-10-18(21)11-14-24)25-15-12-17-6-4-5-9-20(17)22(25)19-7-2-1-3-8-19;5-1(3(7)8)2(6)4(9)10/h1-9,18,21-22H,10-16H2;1-2,5-6H,(H,7,8)(H,9,10)/t21-,22-;1-,2-/m01/s1. The molecule has 2 bridgehead atoms. The third-order valence-electron chi connectivity index (χ3n) is 7.29. The Bertz CT molecular complexity index is 1080. The number of benzene rings is 2. The molecule has 3 saturated heterocycles. The van der Waals surface area contributed by atoms with E-state index in [1.54, 1.807) is 0 Å². The molecule has 2 aromatic rings. The smallest absolute Gasteiger partial charge is 0.410 e. The van der Waals surface area contributed by atoms with Gasteiger partial charge in [-0.2, -0.15) is 0 Å². The number of ether oxygens (including phenoxy) is 1. The molecular formula is C27H32N2O8. The fourth-order valence-electron chi connectivity index (χ4n) is 5.27. The molecule has 0 radical (unpaired) electrons. The Morgan fingerprint density at radius 3 is 2.00 bits per heavy atom. The van der Waals surface area contributed by atoms with Crippen LogP contribution in [0.4, 0.5) is 4.79 Å². The molecule has 4 heterocycles. The van der Waals surface area contributed by atoms with Gasteiger partial charge in [-0.3, -0.25) is 9.80 Å². The zero-order valence-corrected chi connectivity index (χ0v) is 20.3. The minimum atomic E-state index is -2.27. The summed E-state index contributed by atoms with van der Waals surface area (Å²) in [6, 6.07) is 18.8. The van der Waals surface area contributed by atoms with Gasteiger partial charge in [0.05, 0.1) is 6.04 Å². The van der Waals surface area contributed by atoms with Crippen LogP contribution in [0.2, 0.25) is 0 Å². The molecule has 0 saturated carbocycles. The number of amides is 1. The third kappa shape index (κ3) is 6.10. The SMILES string of the molecule is O=C(O)[C@H](O)[C@@H](O)C(=O)O.O=C(O[C@H]1CN2CCC1CC2)N1CCc2ccccc2[C@@H]1c1ccccc1. The summed E-state index contributed by atoms with van der Waals surface area (Å²) in [5, 5.41) is 32.5. The van der Waals surface area contributed by atoms with Crippen molar-refractivity contribution >= 4 is 18.0 Å². The van der Waals surface area contributed by atoms with Gasteiger partial charge in [0.1, 0.15) is 6.10 Å². The largest absolute Gasteiger partial charge is 0.479 e. The van der Waals surface area contributed by atoms with Crippen LogP contribution in [0.5, 0.6) is 0 Å². The number of carbonyl (C=O) groups excluding carboxylic acids is 1. The molecule has 6 rings (SSSR count). The first kappa shape index (κ1) is 26.6. The number of piperidine rings is 3. The molecule has 37 heavy (non-hydrogen) atoms. The van der Waals surface area contributed by atoms with Crippen LogP contribution >= 0.6 is 0 Å². The molecule has 3 fully saturated rings. The van der Waals surface area contributed by atoms with Crippen LogP contribution in [0.15, 0.2) is 54.6 Å². The molecule has 4 N–H and O–H groups in total. The van der Waals surface area contributed by atoms with Gasteiger partial charge in [-0.25, -0.2) is 14.4 Å². The maximum Gasteiger partial charge on any atom is 0.410 e. The third-order valence-corrected chi connectivity index (χ3v) is 7.29. The van der Waals surface area contributed by atoms with Crippen LogP contribution in [0.1, 0.15) is 35.6 Å². The number of carboxylic acids is 2. The molecule has 0 spiro atoms. The second-order valence-electron chi connectivity index (χ2n) is 9.58. The summed E-state index contributed by atoms with van der Waals surface area (Å²) in [6.45, 7) is 3.91. The quantitative estimate of drug-likeness (QED) is 0.470. The predicted molar refractivity (Wildman–Crippen MR) is 132 cm³/mol. The van der Waals surface area contributed by atoms with Gasteiger partial charge < -0.3 is 25.2 Å². The molecule has 4 aliphatic rings. The van der Waals surface area contributed by atoms with E-state index in [0.717, 1.165) is 44.5 Å². The molecule has 0 unspecified atom stereocenters. The highest BCUT2D eigenvalue weighted by Crippen LogP contribution is 2.36. The van der Waals surface area contributed by atoms with Crippen LogP contribution < -0.4 is 0 Å². The summed E-state index contributed by atoms with van der Waals surface area (Å²) in [7, 11) is 0. The van der Waals surface area contributed by atoms with Crippen LogP contribution in [0.25, 0.3) is 0 Å². The summed E-state index contributed by atoms with van der Waals surface area (Å²) in [5.74, 6) is -3.00. The molecule has 10 nitrogen and oxygen atoms in total. The highest BCUT2D eigenvalue weighted by Gasteiger charge is 2.39. The Balaban J connectivity index is 0.000000275. The van der Waals surface area contributed by atoms with Crippen LogP contribution in [-0.2, 0) is 20.7 Å². The number of rotatable bonds is 5. The topological polar surface area (TPSA) is 148 Å². The second kappa shape index (κ2) is 11.7. The van der Waals surface area contributed by atoms with Crippen molar-refractivity contribution in [2.75, 3.05) is 26.2 Å². The van der Waals surface area contributed by atoms with Crippen molar-refractivity contribution in [1.29, 1.82) is 0 Å². The molecule has 0 aliphatic carbocycles. The Hall–Kier alpha value is -3.47. The lowest BCUT2D eigenvalue weighted by atomic mass is 9.86. The van der Waals surface area contributed by atoms with Crippen molar-refractivity contribution in [3.8, 4) is 0 Å². The van der Waals surface area contributed by atoms with Crippen molar-refractivity contribution in [3.05, 3.63) is 71.3 Å². The van der Waals surface area contributed by atoms with E-state index in [2.05, 4.69) is 41.3 Å². The average Bonchev–Trinajstić information content (AvgIpc) is 2.93. The number of carboxylic acid groups (broad SMARTS) is 2. The Morgan fingerprint density at radius 1 is 0.838 bits per heavy atom. The first-order valence-corrected chi connectivity index (χ1v) is 12.4. The van der Waals surface area contributed by atoms with Crippen LogP contribution in [0, 0.1) is 5.92 Å². The molecule has 0 aromatic heterocycles. The van der Waals surface area contributed by atoms with Gasteiger partial charge in [0, 0.05) is 13.1 Å². The Kier molecular flexibility index (Phi) is 8.42. The minimum Gasteiger partial charge on any atom is -0.479 e. The number of aliphatic hydroxyl groups is 2. The van der Waals surface area contributed by atoms with Crippen molar-refractivity contribution in [3.63, 3.8) is 0 Å². The summed E-state index contributed by atoms with van der Waals surface area (Å²) in [6.07, 6.45) is -1.44. The van der Waals surface area contributed by atoms with Gasteiger partial charge in [-0.1, -0.05) is 54.6 Å². The summed E-state index contributed by atoms with van der Waals surface area (Å²) < 4.78 is 6.08. The number of fused-ring (bicyclic) bond motifs is 4. The number of aliphatic hydroxyl groups excluding tert-OH is 2. The minimum absolute atomic E-state index is 0.0496. The van der Waals surface area contributed by atoms with E-state index in [1.807, 2.05) is 23.1 Å². The maximum absolute atomic E-state index is 13.2. The van der Waals surface area contributed by atoms with Gasteiger partial charge in [-0.05, 0) is 55.0 Å². The Labute approximate surface area is 214 Å². The van der Waals surface area contributed by atoms with Crippen LogP contribution in [0.3, 0.4) is 0 Å². The number of hydrogen-bond donors (Lipinski definition) is 4. The lowest BCUT2D eigenvalue weighted by Crippen LogP contribution is -2.53. The van der Waals surface area contributed by atoms with Gasteiger partial charge in [-0.15, -0.1) is 0 Å². The van der Waals surface area contributed by atoms with E-state index >= 15 is 0 Å². The highest BCUT2D eigenvalue weighted by atomic mass is 16.6. The first-order valence-electron chi connectivity index (χ1n) is 12.4. The average molecular weight is 513 g/mol. The number of aliphatic carboxylic acids is 2. The molecule has 4 aliphatic heterocycles. The van der Waals surface area contributed by atoms with Gasteiger partial charge in [0.25, 0.3) is 0 Å². The predicted octanol–water partition coefficient (Wildman–Crippen LogP) is 1.74. The van der Waals surface area contributed by atoms with Crippen molar-refractivity contribution < 1.29 is 39.5 Å². The summed E-state index contributed by atoms with van der Waals surface area (Å²) in [4.78, 5) is 37.1. The van der Waals surface area contributed by atoms with E-state index < -0.39 is 24.1 Å². The number of hydrogen-bond acceptors (Lipinski definition) is 7. The fraction of sp³-hybridized carbons (Fsp3) is 0.444. The van der Waals surface area contributed by atoms with Crippen molar-refractivity contribution in [2.24, 2.45) is 5.92 Å². The summed E-state index contributed by atoms with van der Waals surface area (Å²) >= 11 is 0. The second-order valence-corrected chi connectivity index (χ2v) is 9.58. The van der Waals surface area contributed by atoms with Crippen molar-refractivity contribution in [2.45, 2.75) is 43.6 Å². The number of nitrogens with zero attached hydrogens (tertiary/aromatic N) is 2. The summed E-state index contributed by atoms with van der Waals surface area (Å²) in [5.41, 5.74) is 3.70. The van der Waals surface area contributed by atoms with E-state index in [4.69, 9.17) is 25.2 Å². The Morgan fingerprint density at radius 2 is 1.43 bits per heavy atom. The molecule has 1 amide bonds. The van der Waals surface area contributed by atoms with E-state index in [9.17, 15) is 14.4 Å². The highest BCUT2D eigenvalue weighted by molar-refractivity contribution is 5.83. The molecule has 10 heteroatoms. The van der Waals surface area contributed by atoms with Gasteiger partial charge in [0.15, 0.2) is 12.2 Å². The van der Waals surface area contributed by atoms with Gasteiger partial charge in [0.2, 0.25) is 0 Å². The monoisotopic (exact) mass is 512 g/mol. The molecule has 4 atom stereocenters. The lowest BCUT2D eigenvalue weighted by molar-refractivity contribution is -0.165. The molecule has 2 aromatic carbocycles. The first-order chi connectivity index (χ1) is 17.8. The van der Waals surface area contributed by atoms with Crippen molar-refractivity contribution in [1.82, 2.24) is 9.80 Å². The molecular weight excluding hydrogens is 480 g/mol. The van der Waals surface area contributed by atoms with E-state index in [-0.39, 0.29) is 18.2 Å². The fourth-order valence-corrected chi connectivity index (χ4v) is 5.27. The van der Waals surface area contributed by atoms with Crippen LogP contribution in [-0.4, -0.2) is 92.7 Å². The van der Waals surface area contributed by atoms with E-state index in [0.29, 0.717) is 12.5 Å². The zero-order chi connectivity index (χ0) is 26.5. The lowest BCUT2D eigenvalue weighted by Gasteiger charge is -2.45. The zero-order valence-electron chi connectivity index (χ0n) is 20.3. The van der Waals surface area contributed by atoms with E-state index in [1.165, 1.54) is 11.1 Å². The number of carbonyl (C=O) groups is 3. The normalized spacial score (nSPS) is 25.6. The van der Waals surface area contributed by atoms with Gasteiger partial charge >= 0.3 is 18.0 Å². The maximum atomic E-state index is 13.2.